The van der Waals surface area contributed by atoms with Crippen molar-refractivity contribution in [3.05, 3.63) is 95.8 Å². The molecule has 2 aromatic carbocycles. The summed E-state index contributed by atoms with van der Waals surface area (Å²) in [7, 11) is 0. The molecule has 1 aliphatic rings. The largest absolute Gasteiger partial charge is 0.360 e. The van der Waals surface area contributed by atoms with Crippen LogP contribution < -0.4 is 0 Å². The van der Waals surface area contributed by atoms with E-state index in [1.54, 1.807) is 12.1 Å². The van der Waals surface area contributed by atoms with Gasteiger partial charge >= 0.3 is 5.70 Å². The Morgan fingerprint density at radius 2 is 1.65 bits per heavy atom. The molecule has 1 heterocycles. The molecule has 0 unspecified atom stereocenters. The predicted octanol–water partition coefficient (Wildman–Crippen LogP) is 7.44. The highest BCUT2D eigenvalue weighted by Gasteiger charge is 2.32. The van der Waals surface area contributed by atoms with Gasteiger partial charge in [0, 0.05) is 18.0 Å². The fourth-order valence-corrected chi connectivity index (χ4v) is 4.95. The van der Waals surface area contributed by atoms with E-state index in [1.807, 2.05) is 36.1 Å². The van der Waals surface area contributed by atoms with Crippen LogP contribution in [0.5, 0.6) is 0 Å². The monoisotopic (exact) mass is 500 g/mol. The maximum atomic E-state index is 13.2. The second-order valence-corrected chi connectivity index (χ2v) is 9.60. The van der Waals surface area contributed by atoms with E-state index in [-0.39, 0.29) is 27.0 Å². The molecular weight excluding hydrogens is 482 g/mol. The average Bonchev–Trinajstić information content (AvgIpc) is 2.75. The number of likely N-dealkylation sites (tertiary alicyclic amines) is 1. The van der Waals surface area contributed by atoms with Crippen molar-refractivity contribution in [1.29, 1.82) is 0 Å². The van der Waals surface area contributed by atoms with Gasteiger partial charge in [-0.15, -0.1) is 0 Å². The molecule has 1 fully saturated rings. The number of piperidine rings is 1. The molecule has 0 saturated carbocycles. The first-order valence-electron chi connectivity index (χ1n) is 9.61. The minimum absolute atomic E-state index is 0.254. The number of benzene rings is 2. The van der Waals surface area contributed by atoms with Gasteiger partial charge in [0.1, 0.15) is 10.3 Å². The van der Waals surface area contributed by atoms with Crippen LogP contribution in [0.1, 0.15) is 29.9 Å². The van der Waals surface area contributed by atoms with E-state index < -0.39 is 4.92 Å². The Labute approximate surface area is 199 Å². The smallest absolute Gasteiger partial charge is 0.320 e. The normalized spacial score (nSPS) is 15.5. The highest BCUT2D eigenvalue weighted by Crippen LogP contribution is 2.40. The van der Waals surface area contributed by atoms with Crippen LogP contribution in [0.25, 0.3) is 0 Å². The van der Waals surface area contributed by atoms with E-state index in [0.29, 0.717) is 18.1 Å². The van der Waals surface area contributed by atoms with Crippen molar-refractivity contribution in [2.24, 2.45) is 0 Å². The molecule has 0 aliphatic carbocycles. The lowest BCUT2D eigenvalue weighted by Gasteiger charge is -2.34. The molecule has 1 saturated heterocycles. The van der Waals surface area contributed by atoms with E-state index >= 15 is 0 Å². The van der Waals surface area contributed by atoms with Gasteiger partial charge in [-0.3, -0.25) is 10.1 Å². The first-order chi connectivity index (χ1) is 14.8. The van der Waals surface area contributed by atoms with Crippen LogP contribution in [0.2, 0.25) is 0 Å². The summed E-state index contributed by atoms with van der Waals surface area (Å²) in [6.45, 7) is 3.13. The summed E-state index contributed by atoms with van der Waals surface area (Å²) in [4.78, 5) is 14.2. The van der Waals surface area contributed by atoms with Crippen LogP contribution >= 0.6 is 46.6 Å². The summed E-state index contributed by atoms with van der Waals surface area (Å²) >= 11 is 19.0. The number of nitrogens with zero attached hydrogens (tertiary/aromatic N) is 2. The molecule has 1 aliphatic heterocycles. The summed E-state index contributed by atoms with van der Waals surface area (Å²) < 4.78 is 12.9. The van der Waals surface area contributed by atoms with Gasteiger partial charge in [0.2, 0.25) is 0 Å². The lowest BCUT2D eigenvalue weighted by Crippen LogP contribution is -2.33. The molecule has 4 nitrogen and oxygen atoms in total. The van der Waals surface area contributed by atoms with Crippen molar-refractivity contribution in [3.63, 3.8) is 0 Å². The number of nitro groups is 1. The van der Waals surface area contributed by atoms with Gasteiger partial charge in [-0.1, -0.05) is 76.4 Å². The Kier molecular flexibility index (Phi) is 8.28. The second kappa shape index (κ2) is 10.7. The first kappa shape index (κ1) is 23.9. The fraction of sp³-hybridized carbons (Fsp3) is 0.273. The number of halogens is 4. The van der Waals surface area contributed by atoms with Gasteiger partial charge < -0.3 is 4.90 Å². The Hall–Kier alpha value is -1.73. The van der Waals surface area contributed by atoms with Crippen molar-refractivity contribution in [2.45, 2.75) is 30.6 Å². The van der Waals surface area contributed by atoms with Gasteiger partial charge in [0.25, 0.3) is 0 Å². The van der Waals surface area contributed by atoms with Crippen molar-refractivity contribution in [3.8, 4) is 0 Å². The molecule has 0 radical (unpaired) electrons. The van der Waals surface area contributed by atoms with Crippen molar-refractivity contribution in [2.75, 3.05) is 13.1 Å². The van der Waals surface area contributed by atoms with E-state index in [2.05, 4.69) is 0 Å². The maximum Gasteiger partial charge on any atom is 0.320 e. The third-order valence-corrected chi connectivity index (χ3v) is 7.21. The van der Waals surface area contributed by atoms with Crippen molar-refractivity contribution >= 4 is 46.6 Å². The van der Waals surface area contributed by atoms with Gasteiger partial charge in [0.05, 0.1) is 4.92 Å². The lowest BCUT2D eigenvalue weighted by atomic mass is 9.89. The number of hydrogen-bond donors (Lipinski definition) is 0. The van der Waals surface area contributed by atoms with Gasteiger partial charge in [-0.2, -0.15) is 0 Å². The third kappa shape index (κ3) is 6.16. The van der Waals surface area contributed by atoms with Crippen LogP contribution in [-0.4, -0.2) is 22.9 Å². The SMILES string of the molecule is Cc1ccc(S/C(=C(/C(Cl)=C(Cl)Cl)[N+](=O)[O-])N2CCC(c3ccc(F)cc3)CC2)cc1. The van der Waals surface area contributed by atoms with Gasteiger partial charge in [-0.05, 0) is 55.5 Å². The highest BCUT2D eigenvalue weighted by molar-refractivity contribution is 8.03. The molecule has 0 N–H and O–H groups in total. The number of rotatable bonds is 6. The van der Waals surface area contributed by atoms with Crippen LogP contribution in [0.3, 0.4) is 0 Å². The number of allylic oxidation sites excluding steroid dienone is 1. The van der Waals surface area contributed by atoms with Crippen LogP contribution in [0.4, 0.5) is 4.39 Å². The Morgan fingerprint density at radius 3 is 2.16 bits per heavy atom. The lowest BCUT2D eigenvalue weighted by molar-refractivity contribution is -0.421. The number of aryl methyl sites for hydroxylation is 1. The number of hydrogen-bond acceptors (Lipinski definition) is 4. The molecule has 164 valence electrons. The standard InChI is InChI=1S/C22H20Cl3FN2O2S/c1-14-2-8-18(9-3-14)31-22(20(28(29)30)19(23)21(24)25)27-12-10-16(11-13-27)15-4-6-17(26)7-5-15/h2-9,16H,10-13H2,1H3/b22-20-. The number of thioether (sulfide) groups is 1. The van der Waals surface area contributed by atoms with E-state index in [0.717, 1.165) is 28.9 Å². The van der Waals surface area contributed by atoms with Gasteiger partial charge in [-0.25, -0.2) is 4.39 Å². The summed E-state index contributed by atoms with van der Waals surface area (Å²) in [6, 6.07) is 14.2. The Morgan fingerprint density at radius 1 is 1.06 bits per heavy atom. The average molecular weight is 502 g/mol. The molecule has 0 aromatic heterocycles. The van der Waals surface area contributed by atoms with E-state index in [4.69, 9.17) is 34.8 Å². The fourth-order valence-electron chi connectivity index (χ4n) is 3.47. The van der Waals surface area contributed by atoms with E-state index in [9.17, 15) is 14.5 Å². The molecule has 0 bridgehead atoms. The first-order valence-corrected chi connectivity index (χ1v) is 11.6. The van der Waals surface area contributed by atoms with Gasteiger partial charge in [0.15, 0.2) is 10.1 Å². The molecular formula is C22H20Cl3FN2O2S. The molecule has 31 heavy (non-hydrogen) atoms. The molecule has 2 aromatic rings. The summed E-state index contributed by atoms with van der Waals surface area (Å²) in [5, 5.41) is 12.0. The minimum Gasteiger partial charge on any atom is -0.360 e. The van der Waals surface area contributed by atoms with E-state index in [1.165, 1.54) is 23.9 Å². The molecule has 0 spiro atoms. The maximum absolute atomic E-state index is 13.2. The minimum atomic E-state index is -0.546. The zero-order valence-electron chi connectivity index (χ0n) is 16.7. The van der Waals surface area contributed by atoms with Crippen LogP contribution in [-0.2, 0) is 0 Å². The zero-order valence-corrected chi connectivity index (χ0v) is 19.7. The molecule has 9 heteroatoms. The quantitative estimate of drug-likeness (QED) is 0.179. The summed E-state index contributed by atoms with van der Waals surface area (Å²) in [5.74, 6) is -0.0138. The molecule has 0 atom stereocenters. The highest BCUT2D eigenvalue weighted by atomic mass is 35.5. The van der Waals surface area contributed by atoms with Crippen LogP contribution in [0, 0.1) is 22.9 Å². The molecule has 0 amide bonds. The third-order valence-electron chi connectivity index (χ3n) is 5.12. The van der Waals surface area contributed by atoms with Crippen molar-refractivity contribution < 1.29 is 9.31 Å². The Bertz CT molecular complexity index is 998. The second-order valence-electron chi connectivity index (χ2n) is 7.21. The summed E-state index contributed by atoms with van der Waals surface area (Å²) in [6.07, 6.45) is 1.54. The predicted molar refractivity (Wildman–Crippen MR) is 126 cm³/mol. The topological polar surface area (TPSA) is 46.4 Å². The van der Waals surface area contributed by atoms with Crippen LogP contribution in [0.15, 0.2) is 73.7 Å². The van der Waals surface area contributed by atoms with Crippen molar-refractivity contribution in [1.82, 2.24) is 4.90 Å². The molecule has 3 rings (SSSR count). The summed E-state index contributed by atoms with van der Waals surface area (Å²) in [5.41, 5.74) is 1.84. The Balaban J connectivity index is 1.92. The zero-order chi connectivity index (χ0) is 22.5.